The van der Waals surface area contributed by atoms with Crippen LogP contribution in [0.25, 0.3) is 6.08 Å². The molecule has 0 aliphatic carbocycles. The van der Waals surface area contributed by atoms with Gasteiger partial charge in [-0.25, -0.2) is 0 Å². The summed E-state index contributed by atoms with van der Waals surface area (Å²) in [6.07, 6.45) is 1.73. The molecule has 0 aromatic heterocycles. The van der Waals surface area contributed by atoms with E-state index in [0.717, 1.165) is 11.1 Å². The normalized spacial score (nSPS) is 15.7. The minimum Gasteiger partial charge on any atom is -0.504 e. The molecular formula is C17H14O4. The lowest BCUT2D eigenvalue weighted by Crippen LogP contribution is -2.19. The summed E-state index contributed by atoms with van der Waals surface area (Å²) >= 11 is 0. The largest absolute Gasteiger partial charge is 0.504 e. The highest BCUT2D eigenvalue weighted by molar-refractivity contribution is 6.16. The number of phenols is 2. The van der Waals surface area contributed by atoms with Crippen LogP contribution in [-0.2, 0) is 0 Å². The number of fused-ring (bicyclic) bond motifs is 1. The topological polar surface area (TPSA) is 66.8 Å². The first-order chi connectivity index (χ1) is 10.1. The Kier molecular flexibility index (Phi) is 3.14. The van der Waals surface area contributed by atoms with Gasteiger partial charge in [0.05, 0.1) is 0 Å². The van der Waals surface area contributed by atoms with Crippen molar-refractivity contribution in [1.29, 1.82) is 0 Å². The van der Waals surface area contributed by atoms with Gasteiger partial charge in [0.2, 0.25) is 0 Å². The Bertz CT molecular complexity index is 742. The van der Waals surface area contributed by atoms with Crippen LogP contribution in [0.15, 0.2) is 42.0 Å². The molecule has 1 aliphatic heterocycles. The van der Waals surface area contributed by atoms with E-state index in [2.05, 4.69) is 0 Å². The van der Waals surface area contributed by atoms with Crippen molar-refractivity contribution in [1.82, 2.24) is 0 Å². The van der Waals surface area contributed by atoms with E-state index in [0.29, 0.717) is 5.57 Å². The first-order valence-electron chi connectivity index (χ1n) is 6.56. The molecule has 4 heteroatoms. The van der Waals surface area contributed by atoms with Gasteiger partial charge in [-0.15, -0.1) is 0 Å². The molecule has 106 valence electrons. The number of Topliss-reactive ketones (excluding diaryl/α,β-unsaturated/α-hetero) is 1. The minimum absolute atomic E-state index is 0.0135. The third-order valence-corrected chi connectivity index (χ3v) is 3.44. The Hall–Kier alpha value is -2.75. The molecule has 0 spiro atoms. The van der Waals surface area contributed by atoms with Crippen molar-refractivity contribution in [3.05, 3.63) is 58.7 Å². The van der Waals surface area contributed by atoms with Gasteiger partial charge in [0, 0.05) is 5.57 Å². The fourth-order valence-electron chi connectivity index (χ4n) is 2.25. The van der Waals surface area contributed by atoms with Crippen molar-refractivity contribution in [2.24, 2.45) is 0 Å². The van der Waals surface area contributed by atoms with Crippen LogP contribution in [0.5, 0.6) is 17.2 Å². The number of ketones is 1. The molecule has 0 amide bonds. The summed E-state index contributed by atoms with van der Waals surface area (Å²) in [5.74, 6) is -0.809. The van der Waals surface area contributed by atoms with E-state index in [4.69, 9.17) is 4.74 Å². The first-order valence-corrected chi connectivity index (χ1v) is 6.56. The second-order valence-electron chi connectivity index (χ2n) is 5.00. The van der Waals surface area contributed by atoms with E-state index in [1.807, 2.05) is 31.2 Å². The average Bonchev–Trinajstić information content (AvgIpc) is 2.48. The van der Waals surface area contributed by atoms with Crippen LogP contribution in [0.3, 0.4) is 0 Å². The van der Waals surface area contributed by atoms with Gasteiger partial charge in [0.15, 0.2) is 17.3 Å². The number of ether oxygens (including phenoxy) is 1. The number of carbonyl (C=O) groups excluding carboxylic acids is 1. The van der Waals surface area contributed by atoms with Gasteiger partial charge in [0.25, 0.3) is 0 Å². The quantitative estimate of drug-likeness (QED) is 0.623. The van der Waals surface area contributed by atoms with Gasteiger partial charge < -0.3 is 14.9 Å². The van der Waals surface area contributed by atoms with Crippen LogP contribution in [0, 0.1) is 6.92 Å². The van der Waals surface area contributed by atoms with Gasteiger partial charge in [-0.2, -0.15) is 0 Å². The molecule has 0 bridgehead atoms. The van der Waals surface area contributed by atoms with Crippen LogP contribution in [0.1, 0.15) is 21.5 Å². The van der Waals surface area contributed by atoms with Crippen LogP contribution in [-0.4, -0.2) is 22.6 Å². The summed E-state index contributed by atoms with van der Waals surface area (Å²) in [6, 6.07) is 10.5. The third-order valence-electron chi connectivity index (χ3n) is 3.44. The summed E-state index contributed by atoms with van der Waals surface area (Å²) in [5, 5.41) is 19.4. The fourth-order valence-corrected chi connectivity index (χ4v) is 2.25. The lowest BCUT2D eigenvalue weighted by atomic mass is 9.97. The van der Waals surface area contributed by atoms with Gasteiger partial charge in [-0.05, 0) is 30.7 Å². The fraction of sp³-hybridized carbons (Fsp3) is 0.118. The average molecular weight is 282 g/mol. The smallest absolute Gasteiger partial charge is 0.200 e. The van der Waals surface area contributed by atoms with Crippen molar-refractivity contribution < 1.29 is 19.7 Å². The van der Waals surface area contributed by atoms with Gasteiger partial charge in [-0.1, -0.05) is 29.8 Å². The standard InChI is InChI=1S/C17H14O4/c1-10-2-4-11(5-3-10)8-12-9-21-14-7-6-13(18)17(20)15(14)16(12)19/h2-8,18,20H,9H2,1H3/b12-8+. The molecular weight excluding hydrogens is 268 g/mol. The van der Waals surface area contributed by atoms with Crippen molar-refractivity contribution in [3.8, 4) is 17.2 Å². The van der Waals surface area contributed by atoms with Crippen molar-refractivity contribution >= 4 is 11.9 Å². The Morgan fingerprint density at radius 3 is 2.52 bits per heavy atom. The maximum atomic E-state index is 12.4. The van der Waals surface area contributed by atoms with Crippen LogP contribution >= 0.6 is 0 Å². The molecule has 4 nitrogen and oxygen atoms in total. The van der Waals surface area contributed by atoms with E-state index >= 15 is 0 Å². The zero-order valence-corrected chi connectivity index (χ0v) is 11.5. The zero-order chi connectivity index (χ0) is 15.0. The lowest BCUT2D eigenvalue weighted by molar-refractivity contribution is 0.0996. The Morgan fingerprint density at radius 2 is 1.81 bits per heavy atom. The Labute approximate surface area is 121 Å². The molecule has 0 fully saturated rings. The monoisotopic (exact) mass is 282 g/mol. The van der Waals surface area contributed by atoms with E-state index in [9.17, 15) is 15.0 Å². The molecule has 1 heterocycles. The summed E-state index contributed by atoms with van der Waals surface area (Å²) in [4.78, 5) is 12.4. The lowest BCUT2D eigenvalue weighted by Gasteiger charge is -2.20. The van der Waals surface area contributed by atoms with E-state index in [1.165, 1.54) is 12.1 Å². The van der Waals surface area contributed by atoms with Crippen molar-refractivity contribution in [2.45, 2.75) is 6.92 Å². The van der Waals surface area contributed by atoms with E-state index < -0.39 is 5.75 Å². The van der Waals surface area contributed by atoms with Gasteiger partial charge in [0.1, 0.15) is 17.9 Å². The van der Waals surface area contributed by atoms with Gasteiger partial charge in [-0.3, -0.25) is 4.79 Å². The zero-order valence-electron chi connectivity index (χ0n) is 11.5. The number of phenolic OH excluding ortho intramolecular Hbond substituents is 2. The maximum Gasteiger partial charge on any atom is 0.200 e. The molecule has 0 saturated heterocycles. The maximum absolute atomic E-state index is 12.4. The molecule has 0 saturated carbocycles. The highest BCUT2D eigenvalue weighted by atomic mass is 16.5. The number of carbonyl (C=O) groups is 1. The molecule has 1 aliphatic rings. The molecule has 2 N–H and O–H groups in total. The summed E-state index contributed by atoms with van der Waals surface area (Å²) in [5.41, 5.74) is 2.47. The van der Waals surface area contributed by atoms with Crippen molar-refractivity contribution in [3.63, 3.8) is 0 Å². The number of aromatic hydroxyl groups is 2. The number of rotatable bonds is 1. The SMILES string of the molecule is Cc1ccc(/C=C2\COc3ccc(O)c(O)c3C2=O)cc1. The van der Waals surface area contributed by atoms with Crippen molar-refractivity contribution in [2.75, 3.05) is 6.61 Å². The summed E-state index contributed by atoms with van der Waals surface area (Å²) < 4.78 is 5.48. The second kappa shape index (κ2) is 4.98. The molecule has 0 atom stereocenters. The Balaban J connectivity index is 2.02. The minimum atomic E-state index is -0.438. The van der Waals surface area contributed by atoms with Gasteiger partial charge >= 0.3 is 0 Å². The second-order valence-corrected chi connectivity index (χ2v) is 5.00. The van der Waals surface area contributed by atoms with Crippen LogP contribution < -0.4 is 4.74 Å². The van der Waals surface area contributed by atoms with E-state index in [-0.39, 0.29) is 29.5 Å². The Morgan fingerprint density at radius 1 is 1.10 bits per heavy atom. The molecule has 2 aromatic rings. The van der Waals surface area contributed by atoms with Crippen LogP contribution in [0.4, 0.5) is 0 Å². The number of benzene rings is 2. The molecule has 0 unspecified atom stereocenters. The highest BCUT2D eigenvalue weighted by Crippen LogP contribution is 2.39. The molecule has 3 rings (SSSR count). The predicted octanol–water partition coefficient (Wildman–Crippen LogP) is 3.06. The molecule has 2 aromatic carbocycles. The molecule has 21 heavy (non-hydrogen) atoms. The number of hydrogen-bond donors (Lipinski definition) is 2. The van der Waals surface area contributed by atoms with Crippen LogP contribution in [0.2, 0.25) is 0 Å². The molecule has 0 radical (unpaired) electrons. The highest BCUT2D eigenvalue weighted by Gasteiger charge is 2.28. The third kappa shape index (κ3) is 2.36. The summed E-state index contributed by atoms with van der Waals surface area (Å²) in [7, 11) is 0. The number of aryl methyl sites for hydroxylation is 1. The first kappa shape index (κ1) is 13.2. The number of hydrogen-bond acceptors (Lipinski definition) is 4. The van der Waals surface area contributed by atoms with E-state index in [1.54, 1.807) is 6.08 Å². The summed E-state index contributed by atoms with van der Waals surface area (Å²) in [6.45, 7) is 2.13. The predicted molar refractivity (Wildman–Crippen MR) is 78.8 cm³/mol.